The average Bonchev–Trinajstić information content (AvgIpc) is 2.81. The molecule has 1 aliphatic carbocycles. The molecule has 4 nitrogen and oxygen atoms in total. The maximum Gasteiger partial charge on any atom is 0.334 e. The van der Waals surface area contributed by atoms with Crippen molar-refractivity contribution >= 4 is 12.0 Å². The SMILES string of the molecule is CCOC(=O)C1=Cc2cc(OC)c(OCC)cc2C1. The molecule has 0 bridgehead atoms. The predicted octanol–water partition coefficient (Wildman–Crippen LogP) is 2.60. The van der Waals surface area contributed by atoms with Crippen molar-refractivity contribution in [1.29, 1.82) is 0 Å². The molecule has 0 atom stereocenters. The minimum atomic E-state index is -0.254. The van der Waals surface area contributed by atoms with E-state index >= 15 is 0 Å². The van der Waals surface area contributed by atoms with Crippen molar-refractivity contribution in [3.63, 3.8) is 0 Å². The van der Waals surface area contributed by atoms with E-state index in [1.54, 1.807) is 14.0 Å². The number of hydrogen-bond acceptors (Lipinski definition) is 4. The number of fused-ring (bicyclic) bond motifs is 1. The van der Waals surface area contributed by atoms with Crippen molar-refractivity contribution in [1.82, 2.24) is 0 Å². The van der Waals surface area contributed by atoms with E-state index in [1.807, 2.05) is 25.1 Å². The summed E-state index contributed by atoms with van der Waals surface area (Å²) in [4.78, 5) is 11.7. The van der Waals surface area contributed by atoms with Crippen LogP contribution in [0.4, 0.5) is 0 Å². The zero-order chi connectivity index (χ0) is 13.8. The maximum absolute atomic E-state index is 11.7. The fourth-order valence-corrected chi connectivity index (χ4v) is 2.13. The molecule has 4 heteroatoms. The number of rotatable bonds is 5. The third kappa shape index (κ3) is 2.72. The second-order valence-electron chi connectivity index (χ2n) is 4.20. The molecule has 2 rings (SSSR count). The normalized spacial score (nSPS) is 12.7. The van der Waals surface area contributed by atoms with Gasteiger partial charge < -0.3 is 14.2 Å². The van der Waals surface area contributed by atoms with Crippen LogP contribution in [0.3, 0.4) is 0 Å². The molecule has 0 amide bonds. The molecular weight excluding hydrogens is 244 g/mol. The van der Waals surface area contributed by atoms with Crippen LogP contribution in [0.15, 0.2) is 17.7 Å². The number of benzene rings is 1. The molecule has 0 unspecified atom stereocenters. The Balaban J connectivity index is 2.28. The maximum atomic E-state index is 11.7. The van der Waals surface area contributed by atoms with Crippen LogP contribution in [-0.4, -0.2) is 26.3 Å². The zero-order valence-electron chi connectivity index (χ0n) is 11.5. The van der Waals surface area contributed by atoms with E-state index in [4.69, 9.17) is 14.2 Å². The third-order valence-electron chi connectivity index (χ3n) is 2.97. The second kappa shape index (κ2) is 5.78. The Labute approximate surface area is 113 Å². The lowest BCUT2D eigenvalue weighted by molar-refractivity contribution is -0.138. The zero-order valence-corrected chi connectivity index (χ0v) is 11.5. The van der Waals surface area contributed by atoms with Crippen molar-refractivity contribution in [2.75, 3.05) is 20.3 Å². The van der Waals surface area contributed by atoms with Gasteiger partial charge in [0.25, 0.3) is 0 Å². The summed E-state index contributed by atoms with van der Waals surface area (Å²) in [5, 5.41) is 0. The lowest BCUT2D eigenvalue weighted by Crippen LogP contribution is -2.07. The smallest absolute Gasteiger partial charge is 0.334 e. The van der Waals surface area contributed by atoms with E-state index in [0.29, 0.717) is 36.7 Å². The van der Waals surface area contributed by atoms with Gasteiger partial charge in [0.2, 0.25) is 0 Å². The Hall–Kier alpha value is -1.97. The topological polar surface area (TPSA) is 44.8 Å². The van der Waals surface area contributed by atoms with Crippen molar-refractivity contribution in [2.24, 2.45) is 0 Å². The molecule has 0 saturated heterocycles. The van der Waals surface area contributed by atoms with Crippen molar-refractivity contribution < 1.29 is 19.0 Å². The molecule has 1 aromatic rings. The largest absolute Gasteiger partial charge is 0.493 e. The van der Waals surface area contributed by atoms with Gasteiger partial charge in [-0.2, -0.15) is 0 Å². The summed E-state index contributed by atoms with van der Waals surface area (Å²) in [5.41, 5.74) is 2.73. The van der Waals surface area contributed by atoms with Crippen molar-refractivity contribution in [3.05, 3.63) is 28.8 Å². The lowest BCUT2D eigenvalue weighted by atomic mass is 10.1. The van der Waals surface area contributed by atoms with Crippen LogP contribution in [0.25, 0.3) is 6.08 Å². The summed E-state index contributed by atoms with van der Waals surface area (Å²) in [6, 6.07) is 3.83. The molecule has 19 heavy (non-hydrogen) atoms. The van der Waals surface area contributed by atoms with E-state index in [2.05, 4.69) is 0 Å². The third-order valence-corrected chi connectivity index (χ3v) is 2.97. The van der Waals surface area contributed by atoms with Crippen LogP contribution in [0, 0.1) is 0 Å². The molecule has 0 fully saturated rings. The van der Waals surface area contributed by atoms with Gasteiger partial charge in [0.1, 0.15) is 0 Å². The van der Waals surface area contributed by atoms with Gasteiger partial charge in [-0.25, -0.2) is 4.79 Å². The molecule has 102 valence electrons. The predicted molar refractivity (Wildman–Crippen MR) is 72.5 cm³/mol. The summed E-state index contributed by atoms with van der Waals surface area (Å²) in [7, 11) is 1.61. The Morgan fingerprint density at radius 3 is 2.63 bits per heavy atom. The molecular formula is C15H18O4. The van der Waals surface area contributed by atoms with Gasteiger partial charge in [-0.15, -0.1) is 0 Å². The molecule has 0 radical (unpaired) electrons. The quantitative estimate of drug-likeness (QED) is 0.765. The number of methoxy groups -OCH3 is 1. The van der Waals surface area contributed by atoms with Crippen LogP contribution in [0.5, 0.6) is 11.5 Å². The lowest BCUT2D eigenvalue weighted by Gasteiger charge is -2.11. The van der Waals surface area contributed by atoms with E-state index in [-0.39, 0.29) is 5.97 Å². The fraction of sp³-hybridized carbons (Fsp3) is 0.400. The van der Waals surface area contributed by atoms with Gasteiger partial charge >= 0.3 is 5.97 Å². The van der Waals surface area contributed by atoms with Crippen LogP contribution in [-0.2, 0) is 16.0 Å². The molecule has 0 heterocycles. The van der Waals surface area contributed by atoms with E-state index < -0.39 is 0 Å². The number of carbonyl (C=O) groups excluding carboxylic acids is 1. The van der Waals surface area contributed by atoms with Gasteiger partial charge in [-0.05, 0) is 43.2 Å². The number of esters is 1. The standard InChI is InChI=1S/C15H18O4/c1-4-18-14-9-11-7-12(15(16)19-5-2)6-10(11)8-13(14)17-3/h6,8-9H,4-5,7H2,1-3H3. The highest BCUT2D eigenvalue weighted by molar-refractivity contribution is 5.96. The second-order valence-corrected chi connectivity index (χ2v) is 4.20. The first-order valence-corrected chi connectivity index (χ1v) is 6.41. The minimum Gasteiger partial charge on any atom is -0.493 e. The summed E-state index contributed by atoms with van der Waals surface area (Å²) >= 11 is 0. The first kappa shape index (κ1) is 13.5. The Morgan fingerprint density at radius 2 is 2.00 bits per heavy atom. The number of ether oxygens (including phenoxy) is 3. The summed E-state index contributed by atoms with van der Waals surface area (Å²) < 4.78 is 15.8. The Morgan fingerprint density at radius 1 is 1.21 bits per heavy atom. The van der Waals surface area contributed by atoms with E-state index in [1.165, 1.54) is 0 Å². The van der Waals surface area contributed by atoms with Crippen molar-refractivity contribution in [2.45, 2.75) is 20.3 Å². The fourth-order valence-electron chi connectivity index (χ4n) is 2.13. The average molecular weight is 262 g/mol. The van der Waals surface area contributed by atoms with E-state index in [0.717, 1.165) is 11.1 Å². The molecule has 1 aliphatic rings. The number of carbonyl (C=O) groups is 1. The summed E-state index contributed by atoms with van der Waals surface area (Å²) in [6.07, 6.45) is 2.43. The minimum absolute atomic E-state index is 0.254. The van der Waals surface area contributed by atoms with Gasteiger partial charge in [0, 0.05) is 12.0 Å². The number of hydrogen-bond donors (Lipinski definition) is 0. The van der Waals surface area contributed by atoms with Crippen LogP contribution < -0.4 is 9.47 Å². The molecule has 0 aromatic heterocycles. The first-order valence-electron chi connectivity index (χ1n) is 6.41. The highest BCUT2D eigenvalue weighted by Crippen LogP contribution is 2.36. The molecule has 0 spiro atoms. The van der Waals surface area contributed by atoms with Gasteiger partial charge in [-0.1, -0.05) is 0 Å². The molecule has 1 aromatic carbocycles. The monoisotopic (exact) mass is 262 g/mol. The Kier molecular flexibility index (Phi) is 4.10. The van der Waals surface area contributed by atoms with Crippen LogP contribution in [0.2, 0.25) is 0 Å². The highest BCUT2D eigenvalue weighted by Gasteiger charge is 2.21. The van der Waals surface area contributed by atoms with Gasteiger partial charge in [0.15, 0.2) is 11.5 Å². The van der Waals surface area contributed by atoms with E-state index in [9.17, 15) is 4.79 Å². The van der Waals surface area contributed by atoms with Gasteiger partial charge in [0.05, 0.1) is 20.3 Å². The van der Waals surface area contributed by atoms with Crippen LogP contribution >= 0.6 is 0 Å². The Bertz CT molecular complexity index is 517. The summed E-state index contributed by atoms with van der Waals surface area (Å²) in [5.74, 6) is 1.14. The molecule has 0 saturated carbocycles. The van der Waals surface area contributed by atoms with Crippen molar-refractivity contribution in [3.8, 4) is 11.5 Å². The molecule has 0 N–H and O–H groups in total. The highest BCUT2D eigenvalue weighted by atomic mass is 16.5. The summed E-state index contributed by atoms with van der Waals surface area (Å²) in [6.45, 7) is 4.69. The van der Waals surface area contributed by atoms with Crippen LogP contribution in [0.1, 0.15) is 25.0 Å². The molecule has 0 aliphatic heterocycles. The van der Waals surface area contributed by atoms with Gasteiger partial charge in [-0.3, -0.25) is 0 Å². The first-order chi connectivity index (χ1) is 9.19.